The van der Waals surface area contributed by atoms with Crippen molar-refractivity contribution in [3.8, 4) is 0 Å². The van der Waals surface area contributed by atoms with Crippen molar-refractivity contribution in [1.29, 1.82) is 0 Å². The zero-order chi connectivity index (χ0) is 25.8. The molecule has 0 saturated heterocycles. The molecule has 0 aromatic heterocycles. The van der Waals surface area contributed by atoms with Gasteiger partial charge in [0.05, 0.1) is 15.8 Å². The summed E-state index contributed by atoms with van der Waals surface area (Å²) in [6.07, 6.45) is 0. The molecule has 0 spiro atoms. The van der Waals surface area contributed by atoms with Crippen molar-refractivity contribution < 1.29 is 19.5 Å². The van der Waals surface area contributed by atoms with Gasteiger partial charge in [0.25, 0.3) is 0 Å². The van der Waals surface area contributed by atoms with Crippen LogP contribution in [0.2, 0.25) is 0 Å². The van der Waals surface area contributed by atoms with Crippen LogP contribution in [0.4, 0.5) is 0 Å². The molecule has 0 atom stereocenters. The molecule has 41 heavy (non-hydrogen) atoms. The van der Waals surface area contributed by atoms with Crippen molar-refractivity contribution in [2.45, 2.75) is 0 Å². The monoisotopic (exact) mass is 659 g/mol. The van der Waals surface area contributed by atoms with Crippen LogP contribution in [-0.4, -0.2) is 0 Å². The Labute approximate surface area is 262 Å². The van der Waals surface area contributed by atoms with Crippen LogP contribution < -0.4 is 31.8 Å². The summed E-state index contributed by atoms with van der Waals surface area (Å²) in [5.74, 6) is 0. The standard InChI is InChI=1S/2C18H15P.2CH3.Rh/c2*1-4-10-16(11-5-1)19(17-12-6-2-7-13-17)18-14-8-3-9-15-18;;;/h2*1-15H;2*1H3;/q;;2*-1;+2/p+2. The molecule has 0 saturated carbocycles. The molecule has 0 aliphatic carbocycles. The van der Waals surface area contributed by atoms with Crippen LogP contribution in [0, 0.1) is 14.9 Å². The van der Waals surface area contributed by atoms with E-state index in [1.165, 1.54) is 31.8 Å². The minimum absolute atomic E-state index is 0. The molecule has 0 fully saturated rings. The van der Waals surface area contributed by atoms with Gasteiger partial charge in [0.1, 0.15) is 31.8 Å². The molecule has 0 N–H and O–H groups in total. The zero-order valence-electron chi connectivity index (χ0n) is 23.7. The molecule has 207 valence electrons. The fourth-order valence-corrected chi connectivity index (χ4v) is 9.78. The van der Waals surface area contributed by atoms with Crippen molar-refractivity contribution in [2.24, 2.45) is 0 Å². The first kappa shape index (κ1) is 34.0. The average molecular weight is 660 g/mol. The van der Waals surface area contributed by atoms with Gasteiger partial charge in [-0.3, -0.25) is 0 Å². The third-order valence-corrected chi connectivity index (χ3v) is 11.8. The number of rotatable bonds is 6. The van der Waals surface area contributed by atoms with E-state index >= 15 is 0 Å². The second-order valence-corrected chi connectivity index (χ2v) is 13.9. The Bertz CT molecular complexity index is 1170. The van der Waals surface area contributed by atoms with Crippen molar-refractivity contribution in [1.82, 2.24) is 0 Å². The molecule has 0 heterocycles. The SMILES string of the molecule is [CH3-].[CH3-].[Rh+2].c1ccc([PH+](c2ccccc2)c2ccccc2)cc1.c1ccc([PH+](c2ccccc2)c2ccccc2)cc1. The normalized spacial score (nSPS) is 9.80. The number of benzene rings is 6. The molecule has 6 aromatic rings. The van der Waals surface area contributed by atoms with E-state index < -0.39 is 15.8 Å². The predicted molar refractivity (Wildman–Crippen MR) is 186 cm³/mol. The van der Waals surface area contributed by atoms with Crippen molar-refractivity contribution in [3.05, 3.63) is 197 Å². The number of hydrogen-bond acceptors (Lipinski definition) is 0. The van der Waals surface area contributed by atoms with E-state index in [1.54, 1.807) is 0 Å². The van der Waals surface area contributed by atoms with Crippen LogP contribution in [0.1, 0.15) is 0 Å². The third kappa shape index (κ3) is 9.42. The number of hydrogen-bond donors (Lipinski definition) is 0. The van der Waals surface area contributed by atoms with Crippen LogP contribution in [0.15, 0.2) is 182 Å². The summed E-state index contributed by atoms with van der Waals surface area (Å²) >= 11 is 0. The molecule has 0 nitrogen and oxygen atoms in total. The van der Waals surface area contributed by atoms with E-state index in [-0.39, 0.29) is 34.3 Å². The Hall–Kier alpha value is -3.20. The van der Waals surface area contributed by atoms with Gasteiger partial charge in [-0.15, -0.1) is 0 Å². The molecule has 0 amide bonds. The molecule has 6 rings (SSSR count). The van der Waals surface area contributed by atoms with Crippen LogP contribution in [0.25, 0.3) is 0 Å². The van der Waals surface area contributed by atoms with Gasteiger partial charge in [-0.2, -0.15) is 0 Å². The van der Waals surface area contributed by atoms with E-state index in [9.17, 15) is 0 Å². The van der Waals surface area contributed by atoms with Crippen LogP contribution >= 0.6 is 15.8 Å². The topological polar surface area (TPSA) is 0 Å². The summed E-state index contributed by atoms with van der Waals surface area (Å²) < 4.78 is 0. The van der Waals surface area contributed by atoms with Gasteiger partial charge in [0.2, 0.25) is 0 Å². The Kier molecular flexibility index (Phi) is 15.2. The van der Waals surface area contributed by atoms with E-state index in [2.05, 4.69) is 182 Å². The van der Waals surface area contributed by atoms with Gasteiger partial charge < -0.3 is 14.9 Å². The van der Waals surface area contributed by atoms with E-state index in [1.807, 2.05) is 0 Å². The molecule has 0 unspecified atom stereocenters. The van der Waals surface area contributed by atoms with Crippen LogP contribution in [0.3, 0.4) is 0 Å². The van der Waals surface area contributed by atoms with Gasteiger partial charge in [0, 0.05) is 0 Å². The molecule has 6 aromatic carbocycles. The van der Waals surface area contributed by atoms with Gasteiger partial charge in [0.15, 0.2) is 0 Å². The quantitative estimate of drug-likeness (QED) is 0.100. The molecular weight excluding hydrogens is 621 g/mol. The Morgan fingerprint density at radius 2 is 0.341 bits per heavy atom. The summed E-state index contributed by atoms with van der Waals surface area (Å²) in [5, 5.41) is 8.61. The summed E-state index contributed by atoms with van der Waals surface area (Å²) in [4.78, 5) is 0. The summed E-state index contributed by atoms with van der Waals surface area (Å²) in [5.41, 5.74) is 0. The van der Waals surface area contributed by atoms with Crippen LogP contribution in [0.5, 0.6) is 0 Å². The van der Waals surface area contributed by atoms with Crippen molar-refractivity contribution >= 4 is 47.7 Å². The van der Waals surface area contributed by atoms with Gasteiger partial charge in [-0.1, -0.05) is 109 Å². The zero-order valence-corrected chi connectivity index (χ0v) is 27.3. The minimum Gasteiger partial charge on any atom is -0.358 e. The summed E-state index contributed by atoms with van der Waals surface area (Å²) in [6.45, 7) is 0. The Morgan fingerprint density at radius 1 is 0.220 bits per heavy atom. The minimum atomic E-state index is -0.877. The molecule has 0 aliphatic rings. The largest absolute Gasteiger partial charge is 2.00 e. The second kappa shape index (κ2) is 18.3. The fraction of sp³-hybridized carbons (Fsp3) is 0. The molecule has 0 aliphatic heterocycles. The maximum Gasteiger partial charge on any atom is 2.00 e. The Morgan fingerprint density at radius 3 is 0.463 bits per heavy atom. The smallest absolute Gasteiger partial charge is 0.358 e. The third-order valence-electron chi connectivity index (χ3n) is 6.37. The first-order chi connectivity index (χ1) is 18.9. The molecular formula is C38H38P2Rh+2. The van der Waals surface area contributed by atoms with Gasteiger partial charge in [-0.25, -0.2) is 0 Å². The maximum atomic E-state index is 2.24. The first-order valence-electron chi connectivity index (χ1n) is 13.0. The van der Waals surface area contributed by atoms with Gasteiger partial charge >= 0.3 is 19.5 Å². The van der Waals surface area contributed by atoms with Crippen LogP contribution in [-0.2, 0) is 19.5 Å². The predicted octanol–water partition coefficient (Wildman–Crippen LogP) is 7.25. The fourth-order valence-electron chi connectivity index (χ4n) is 4.63. The second-order valence-electron chi connectivity index (χ2n) is 8.95. The van der Waals surface area contributed by atoms with E-state index in [4.69, 9.17) is 0 Å². The van der Waals surface area contributed by atoms with Crippen molar-refractivity contribution in [3.63, 3.8) is 0 Å². The summed E-state index contributed by atoms with van der Waals surface area (Å²) in [6, 6.07) is 65.0. The maximum absolute atomic E-state index is 2.24. The first-order valence-corrected chi connectivity index (χ1v) is 16.0. The molecule has 3 heteroatoms. The van der Waals surface area contributed by atoms with E-state index in [0.717, 1.165) is 0 Å². The molecule has 0 bridgehead atoms. The Balaban J connectivity index is 0.000000267. The average Bonchev–Trinajstić information content (AvgIpc) is 3.01. The van der Waals surface area contributed by atoms with E-state index in [0.29, 0.717) is 0 Å². The van der Waals surface area contributed by atoms with Gasteiger partial charge in [-0.05, 0) is 72.8 Å². The molecule has 1 radical (unpaired) electrons. The van der Waals surface area contributed by atoms with Crippen molar-refractivity contribution in [2.75, 3.05) is 0 Å². The summed E-state index contributed by atoms with van der Waals surface area (Å²) in [7, 11) is -1.75.